The van der Waals surface area contributed by atoms with Crippen molar-refractivity contribution < 1.29 is 22.3 Å². The summed E-state index contributed by atoms with van der Waals surface area (Å²) in [5.74, 6) is 0.452. The summed E-state index contributed by atoms with van der Waals surface area (Å²) in [4.78, 5) is 0. The number of nitrogens with one attached hydrogen (secondary N) is 1. The molecule has 1 aromatic carbocycles. The van der Waals surface area contributed by atoms with Crippen LogP contribution in [0.15, 0.2) is 53.9 Å². The van der Waals surface area contributed by atoms with E-state index in [2.05, 4.69) is 10.5 Å². The van der Waals surface area contributed by atoms with E-state index in [9.17, 15) is 13.0 Å². The van der Waals surface area contributed by atoms with Gasteiger partial charge in [0, 0.05) is 18.2 Å². The third kappa shape index (κ3) is 7.32. The van der Waals surface area contributed by atoms with Crippen LogP contribution in [-0.4, -0.2) is 32.0 Å². The van der Waals surface area contributed by atoms with Crippen LogP contribution in [0.1, 0.15) is 17.5 Å². The van der Waals surface area contributed by atoms with Gasteiger partial charge in [0.2, 0.25) is 0 Å². The molecule has 0 aliphatic heterocycles. The Hall–Kier alpha value is -2.45. The molecule has 0 saturated heterocycles. The van der Waals surface area contributed by atoms with Crippen molar-refractivity contribution in [3.05, 3.63) is 59.9 Å². The predicted molar refractivity (Wildman–Crippen MR) is 93.2 cm³/mol. The SMILES string of the molecule is COc1ccc(CN/N=C/c2ccc[n+](CCCS(=O)(=O)[O-])c2)cc1. The van der Waals surface area contributed by atoms with E-state index in [0.717, 1.165) is 16.9 Å². The Morgan fingerprint density at radius 1 is 1.28 bits per heavy atom. The van der Waals surface area contributed by atoms with E-state index in [-0.39, 0.29) is 12.2 Å². The van der Waals surface area contributed by atoms with Gasteiger partial charge in [-0.1, -0.05) is 12.1 Å². The Kier molecular flexibility index (Phi) is 6.91. The zero-order valence-electron chi connectivity index (χ0n) is 14.0. The van der Waals surface area contributed by atoms with Crippen LogP contribution in [0.25, 0.3) is 0 Å². The molecule has 1 aromatic heterocycles. The molecule has 134 valence electrons. The summed E-state index contributed by atoms with van der Waals surface area (Å²) in [5, 5.41) is 4.17. The highest BCUT2D eigenvalue weighted by molar-refractivity contribution is 7.85. The Balaban J connectivity index is 1.82. The lowest BCUT2D eigenvalue weighted by Crippen LogP contribution is -2.34. The molecule has 2 rings (SSSR count). The van der Waals surface area contributed by atoms with E-state index in [1.54, 1.807) is 13.3 Å². The van der Waals surface area contributed by atoms with Gasteiger partial charge < -0.3 is 14.7 Å². The Morgan fingerprint density at radius 2 is 2.04 bits per heavy atom. The zero-order valence-corrected chi connectivity index (χ0v) is 14.8. The normalized spacial score (nSPS) is 11.6. The lowest BCUT2D eigenvalue weighted by atomic mass is 10.2. The van der Waals surface area contributed by atoms with Crippen molar-refractivity contribution in [3.63, 3.8) is 0 Å². The van der Waals surface area contributed by atoms with Crippen molar-refractivity contribution in [2.45, 2.75) is 19.5 Å². The van der Waals surface area contributed by atoms with Gasteiger partial charge in [-0.25, -0.2) is 13.0 Å². The maximum atomic E-state index is 10.6. The summed E-state index contributed by atoms with van der Waals surface area (Å²) in [6.07, 6.45) is 5.63. The molecule has 0 saturated carbocycles. The van der Waals surface area contributed by atoms with Crippen LogP contribution in [0.4, 0.5) is 0 Å². The molecule has 0 spiro atoms. The van der Waals surface area contributed by atoms with Gasteiger partial charge in [-0.05, 0) is 23.8 Å². The first-order valence-electron chi connectivity index (χ1n) is 7.78. The fourth-order valence-corrected chi connectivity index (χ4v) is 2.66. The quantitative estimate of drug-likeness (QED) is 0.311. The third-order valence-electron chi connectivity index (χ3n) is 3.44. The van der Waals surface area contributed by atoms with E-state index in [4.69, 9.17) is 4.74 Å². The number of hydrogen-bond acceptors (Lipinski definition) is 6. The van der Waals surface area contributed by atoms with E-state index in [1.807, 2.05) is 53.4 Å². The smallest absolute Gasteiger partial charge is 0.177 e. The fourth-order valence-electron chi connectivity index (χ4n) is 2.18. The summed E-state index contributed by atoms with van der Waals surface area (Å²) in [7, 11) is -2.53. The lowest BCUT2D eigenvalue weighted by Gasteiger charge is -2.04. The lowest BCUT2D eigenvalue weighted by molar-refractivity contribution is -0.696. The number of pyridine rings is 1. The standard InChI is InChI=1S/C17H21N3O4S/c1-24-17-7-5-15(6-8-17)12-18-19-13-16-4-2-9-20(14-16)10-3-11-25(21,22)23/h2,4-9,13-14,18H,3,10-12H2,1H3/b19-13+. The fraction of sp³-hybridized carbons (Fsp3) is 0.294. The predicted octanol–water partition coefficient (Wildman–Crippen LogP) is 1.04. The average molecular weight is 363 g/mol. The van der Waals surface area contributed by atoms with E-state index < -0.39 is 10.1 Å². The molecule has 0 amide bonds. The monoisotopic (exact) mass is 363 g/mol. The molecule has 25 heavy (non-hydrogen) atoms. The van der Waals surface area contributed by atoms with Gasteiger partial charge in [-0.2, -0.15) is 5.10 Å². The molecule has 1 N–H and O–H groups in total. The minimum Gasteiger partial charge on any atom is -0.748 e. The molecule has 0 bridgehead atoms. The van der Waals surface area contributed by atoms with E-state index in [0.29, 0.717) is 13.1 Å². The second-order valence-corrected chi connectivity index (χ2v) is 6.96. The summed E-state index contributed by atoms with van der Waals surface area (Å²) in [5.41, 5.74) is 4.92. The second-order valence-electron chi connectivity index (χ2n) is 5.43. The largest absolute Gasteiger partial charge is 0.748 e. The molecule has 7 nitrogen and oxygen atoms in total. The van der Waals surface area contributed by atoms with Crippen LogP contribution in [0, 0.1) is 0 Å². The topological polar surface area (TPSA) is 94.7 Å². The highest BCUT2D eigenvalue weighted by Crippen LogP contribution is 2.10. The molecule has 1 heterocycles. The molecule has 0 aliphatic rings. The van der Waals surface area contributed by atoms with Crippen molar-refractivity contribution in [3.8, 4) is 5.75 Å². The molecule has 0 unspecified atom stereocenters. The number of rotatable bonds is 9. The van der Waals surface area contributed by atoms with Gasteiger partial charge in [0.1, 0.15) is 12.3 Å². The number of nitrogens with zero attached hydrogens (tertiary/aromatic N) is 2. The van der Waals surface area contributed by atoms with E-state index >= 15 is 0 Å². The van der Waals surface area contributed by atoms with Crippen molar-refractivity contribution in [1.82, 2.24) is 5.43 Å². The Labute approximate surface area is 147 Å². The van der Waals surface area contributed by atoms with Crippen molar-refractivity contribution in [1.29, 1.82) is 0 Å². The van der Waals surface area contributed by atoms with Crippen LogP contribution in [0.2, 0.25) is 0 Å². The van der Waals surface area contributed by atoms with Crippen LogP contribution in [-0.2, 0) is 23.2 Å². The van der Waals surface area contributed by atoms with Gasteiger partial charge >= 0.3 is 0 Å². The molecule has 0 atom stereocenters. The van der Waals surface area contributed by atoms with Crippen molar-refractivity contribution in [2.24, 2.45) is 5.10 Å². The maximum Gasteiger partial charge on any atom is 0.177 e. The number of benzene rings is 1. The van der Waals surface area contributed by atoms with Crippen LogP contribution < -0.4 is 14.7 Å². The molecular formula is C17H21N3O4S. The number of aromatic nitrogens is 1. The number of hydrazone groups is 1. The van der Waals surface area contributed by atoms with Crippen LogP contribution >= 0.6 is 0 Å². The minimum atomic E-state index is -4.16. The highest BCUT2D eigenvalue weighted by Gasteiger charge is 2.03. The van der Waals surface area contributed by atoms with Gasteiger partial charge in [-0.15, -0.1) is 0 Å². The Morgan fingerprint density at radius 3 is 2.72 bits per heavy atom. The van der Waals surface area contributed by atoms with Crippen LogP contribution in [0.3, 0.4) is 0 Å². The summed E-state index contributed by atoms with van der Waals surface area (Å²) >= 11 is 0. The minimum absolute atomic E-state index is 0.285. The number of ether oxygens (including phenoxy) is 1. The van der Waals surface area contributed by atoms with Gasteiger partial charge in [0.15, 0.2) is 12.4 Å². The van der Waals surface area contributed by atoms with Gasteiger partial charge in [0.05, 0.1) is 35.6 Å². The Bertz CT molecular complexity index is 805. The van der Waals surface area contributed by atoms with Crippen molar-refractivity contribution >= 4 is 16.3 Å². The zero-order chi connectivity index (χ0) is 18.1. The summed E-state index contributed by atoms with van der Waals surface area (Å²) < 4.78 is 38.8. The first-order valence-corrected chi connectivity index (χ1v) is 9.35. The van der Waals surface area contributed by atoms with Crippen molar-refractivity contribution in [2.75, 3.05) is 12.9 Å². The van der Waals surface area contributed by atoms with E-state index in [1.165, 1.54) is 0 Å². The molecule has 0 aliphatic carbocycles. The first kappa shape index (κ1) is 18.9. The average Bonchev–Trinajstić information content (AvgIpc) is 2.58. The molecule has 0 fully saturated rings. The maximum absolute atomic E-state index is 10.6. The number of hydrogen-bond donors (Lipinski definition) is 1. The summed E-state index contributed by atoms with van der Waals surface area (Å²) in [6, 6.07) is 11.4. The molecule has 8 heteroatoms. The molecule has 0 radical (unpaired) electrons. The molecular weight excluding hydrogens is 342 g/mol. The summed E-state index contributed by atoms with van der Waals surface area (Å²) in [6.45, 7) is 1.05. The van der Waals surface area contributed by atoms with Crippen LogP contribution in [0.5, 0.6) is 5.75 Å². The second kappa shape index (κ2) is 9.14. The number of methoxy groups -OCH3 is 1. The number of aryl methyl sites for hydroxylation is 1. The molecule has 2 aromatic rings. The van der Waals surface area contributed by atoms with Gasteiger partial charge in [-0.3, -0.25) is 0 Å². The third-order valence-corrected chi connectivity index (χ3v) is 4.23. The van der Waals surface area contributed by atoms with Gasteiger partial charge in [0.25, 0.3) is 0 Å². The first-order chi connectivity index (χ1) is 12.0. The highest BCUT2D eigenvalue weighted by atomic mass is 32.2.